The zero-order chi connectivity index (χ0) is 15.6. The molecule has 0 atom stereocenters. The molecule has 2 aromatic rings. The highest BCUT2D eigenvalue weighted by Gasteiger charge is 2.14. The lowest BCUT2D eigenvalue weighted by Crippen LogP contribution is -2.00. The molecule has 0 aliphatic heterocycles. The zero-order valence-electron chi connectivity index (χ0n) is 11.2. The van der Waals surface area contributed by atoms with Gasteiger partial charge in [0.15, 0.2) is 11.6 Å². The molecule has 0 bridgehead atoms. The maximum Gasteiger partial charge on any atom is 0.272 e. The summed E-state index contributed by atoms with van der Waals surface area (Å²) in [5.41, 5.74) is -0.358. The van der Waals surface area contributed by atoms with Crippen LogP contribution in [-0.4, -0.2) is 14.9 Å². The Labute approximate surface area is 124 Å². The summed E-state index contributed by atoms with van der Waals surface area (Å²) in [6, 6.07) is 4.43. The van der Waals surface area contributed by atoms with Crippen molar-refractivity contribution in [1.29, 1.82) is 0 Å². The molecule has 21 heavy (non-hydrogen) atoms. The van der Waals surface area contributed by atoms with Crippen LogP contribution in [0.15, 0.2) is 24.3 Å². The van der Waals surface area contributed by atoms with E-state index in [0.29, 0.717) is 5.82 Å². The maximum atomic E-state index is 13.7. The molecule has 1 aromatic heterocycles. The number of benzene rings is 1. The molecule has 0 aliphatic rings. The molecule has 0 radical (unpaired) electrons. The van der Waals surface area contributed by atoms with E-state index in [1.807, 2.05) is 13.8 Å². The summed E-state index contributed by atoms with van der Waals surface area (Å²) in [5, 5.41) is 10.7. The first kappa shape index (κ1) is 15.1. The number of hydrogen-bond donors (Lipinski definition) is 0. The van der Waals surface area contributed by atoms with Gasteiger partial charge in [-0.25, -0.2) is 9.37 Å². The van der Waals surface area contributed by atoms with Crippen LogP contribution >= 0.6 is 11.6 Å². The molecule has 0 fully saturated rings. The number of ether oxygens (including phenoxy) is 1. The van der Waals surface area contributed by atoms with Gasteiger partial charge in [-0.05, 0) is 6.07 Å². The first-order valence-electron chi connectivity index (χ1n) is 6.03. The number of nitro groups is 1. The second-order valence-corrected chi connectivity index (χ2v) is 4.90. The molecule has 0 spiro atoms. The fourth-order valence-electron chi connectivity index (χ4n) is 1.52. The Balaban J connectivity index is 2.32. The highest BCUT2D eigenvalue weighted by atomic mass is 35.5. The van der Waals surface area contributed by atoms with Crippen LogP contribution in [0.1, 0.15) is 25.6 Å². The van der Waals surface area contributed by atoms with Crippen molar-refractivity contribution in [2.45, 2.75) is 19.8 Å². The summed E-state index contributed by atoms with van der Waals surface area (Å²) in [5.74, 6) is -0.478. The van der Waals surface area contributed by atoms with Gasteiger partial charge in [-0.15, -0.1) is 0 Å². The van der Waals surface area contributed by atoms with Gasteiger partial charge in [0.2, 0.25) is 5.88 Å². The topological polar surface area (TPSA) is 78.2 Å². The van der Waals surface area contributed by atoms with Crippen molar-refractivity contribution < 1.29 is 14.1 Å². The number of hydrogen-bond acceptors (Lipinski definition) is 5. The summed E-state index contributed by atoms with van der Waals surface area (Å²) in [6.45, 7) is 3.75. The Morgan fingerprint density at radius 3 is 2.62 bits per heavy atom. The van der Waals surface area contributed by atoms with Crippen molar-refractivity contribution in [3.63, 3.8) is 0 Å². The lowest BCUT2D eigenvalue weighted by molar-refractivity contribution is -0.385. The van der Waals surface area contributed by atoms with Crippen molar-refractivity contribution in [3.8, 4) is 11.6 Å². The van der Waals surface area contributed by atoms with Gasteiger partial charge in [-0.2, -0.15) is 4.98 Å². The summed E-state index contributed by atoms with van der Waals surface area (Å²) in [4.78, 5) is 18.0. The smallest absolute Gasteiger partial charge is 0.272 e. The minimum Gasteiger partial charge on any atom is -0.436 e. The molecule has 0 unspecified atom stereocenters. The van der Waals surface area contributed by atoms with Gasteiger partial charge in [0.1, 0.15) is 11.0 Å². The highest BCUT2D eigenvalue weighted by molar-refractivity contribution is 6.29. The Bertz CT molecular complexity index is 694. The van der Waals surface area contributed by atoms with E-state index < -0.39 is 10.7 Å². The van der Waals surface area contributed by atoms with Gasteiger partial charge in [-0.1, -0.05) is 25.4 Å². The van der Waals surface area contributed by atoms with Gasteiger partial charge < -0.3 is 4.74 Å². The normalized spacial score (nSPS) is 10.7. The molecular weight excluding hydrogens is 301 g/mol. The second kappa shape index (κ2) is 6.01. The predicted molar refractivity (Wildman–Crippen MR) is 74.3 cm³/mol. The van der Waals surface area contributed by atoms with Crippen LogP contribution in [0.3, 0.4) is 0 Å². The van der Waals surface area contributed by atoms with Crippen LogP contribution < -0.4 is 4.74 Å². The molecule has 0 aliphatic carbocycles. The molecule has 1 aromatic carbocycles. The molecule has 8 heteroatoms. The minimum atomic E-state index is -0.856. The lowest BCUT2D eigenvalue weighted by atomic mass is 10.2. The van der Waals surface area contributed by atoms with Crippen molar-refractivity contribution >= 4 is 17.3 Å². The van der Waals surface area contributed by atoms with Gasteiger partial charge in [0.05, 0.1) is 11.0 Å². The summed E-state index contributed by atoms with van der Waals surface area (Å²) >= 11 is 5.85. The van der Waals surface area contributed by atoms with Gasteiger partial charge in [-0.3, -0.25) is 10.1 Å². The number of nitrogens with zero attached hydrogens (tertiary/aromatic N) is 3. The van der Waals surface area contributed by atoms with E-state index in [9.17, 15) is 14.5 Å². The first-order chi connectivity index (χ1) is 9.86. The summed E-state index contributed by atoms with van der Waals surface area (Å²) in [7, 11) is 0. The van der Waals surface area contributed by atoms with E-state index in [1.54, 1.807) is 0 Å². The standard InChI is InChI=1S/C13H11ClFN3O3/c1-7(2)13-16-11(14)6-12(17-13)21-10-4-3-8(18(19)20)5-9(10)15/h3-7H,1-2H3. The average Bonchev–Trinajstić information content (AvgIpc) is 2.40. The van der Waals surface area contributed by atoms with E-state index >= 15 is 0 Å². The minimum absolute atomic E-state index is 0.0211. The number of non-ortho nitro benzene ring substituents is 1. The quantitative estimate of drug-likeness (QED) is 0.482. The molecule has 0 N–H and O–H groups in total. The largest absolute Gasteiger partial charge is 0.436 e. The SMILES string of the molecule is CC(C)c1nc(Cl)cc(Oc2ccc([N+](=O)[O-])cc2F)n1. The predicted octanol–water partition coefficient (Wildman–Crippen LogP) is 4.09. The lowest BCUT2D eigenvalue weighted by Gasteiger charge is -2.09. The summed E-state index contributed by atoms with van der Waals surface area (Å²) in [6.07, 6.45) is 0. The van der Waals surface area contributed by atoms with Crippen molar-refractivity contribution in [2.24, 2.45) is 0 Å². The van der Waals surface area contributed by atoms with Gasteiger partial charge >= 0.3 is 0 Å². The molecule has 0 amide bonds. The third-order valence-corrected chi connectivity index (χ3v) is 2.74. The molecule has 1 heterocycles. The third-order valence-electron chi connectivity index (χ3n) is 2.55. The van der Waals surface area contributed by atoms with E-state index in [4.69, 9.17) is 16.3 Å². The van der Waals surface area contributed by atoms with E-state index in [-0.39, 0.29) is 28.4 Å². The molecular formula is C13H11ClFN3O3. The fraction of sp³-hybridized carbons (Fsp3) is 0.231. The first-order valence-corrected chi connectivity index (χ1v) is 6.41. The summed E-state index contributed by atoms with van der Waals surface area (Å²) < 4.78 is 19.0. The van der Waals surface area contributed by atoms with Gasteiger partial charge in [0, 0.05) is 18.1 Å². The van der Waals surface area contributed by atoms with E-state index in [0.717, 1.165) is 12.1 Å². The van der Waals surface area contributed by atoms with Crippen LogP contribution in [0.2, 0.25) is 5.15 Å². The Morgan fingerprint density at radius 1 is 1.33 bits per heavy atom. The highest BCUT2D eigenvalue weighted by Crippen LogP contribution is 2.28. The average molecular weight is 312 g/mol. The van der Waals surface area contributed by atoms with Crippen molar-refractivity contribution in [2.75, 3.05) is 0 Å². The maximum absolute atomic E-state index is 13.7. The third kappa shape index (κ3) is 3.63. The van der Waals surface area contributed by atoms with Crippen LogP contribution in [0.25, 0.3) is 0 Å². The van der Waals surface area contributed by atoms with E-state index in [1.165, 1.54) is 12.1 Å². The zero-order valence-corrected chi connectivity index (χ0v) is 12.0. The Hall–Kier alpha value is -2.28. The van der Waals surface area contributed by atoms with Crippen molar-refractivity contribution in [3.05, 3.63) is 51.2 Å². The van der Waals surface area contributed by atoms with Crippen LogP contribution in [0.5, 0.6) is 11.6 Å². The van der Waals surface area contributed by atoms with Crippen molar-refractivity contribution in [1.82, 2.24) is 9.97 Å². The van der Waals surface area contributed by atoms with E-state index in [2.05, 4.69) is 9.97 Å². The molecule has 6 nitrogen and oxygen atoms in total. The molecule has 110 valence electrons. The molecule has 0 saturated carbocycles. The van der Waals surface area contributed by atoms with Crippen LogP contribution in [0.4, 0.5) is 10.1 Å². The fourth-order valence-corrected chi connectivity index (χ4v) is 1.70. The van der Waals surface area contributed by atoms with Gasteiger partial charge in [0.25, 0.3) is 5.69 Å². The second-order valence-electron chi connectivity index (χ2n) is 4.52. The monoisotopic (exact) mass is 311 g/mol. The number of rotatable bonds is 4. The number of aromatic nitrogens is 2. The number of nitro benzene ring substituents is 1. The van der Waals surface area contributed by atoms with Crippen LogP contribution in [0, 0.1) is 15.9 Å². The molecule has 0 saturated heterocycles. The van der Waals surface area contributed by atoms with Crippen LogP contribution in [-0.2, 0) is 0 Å². The Morgan fingerprint density at radius 2 is 2.05 bits per heavy atom. The number of halogens is 2. The Kier molecular flexibility index (Phi) is 4.32. The molecule has 2 rings (SSSR count).